The van der Waals surface area contributed by atoms with Gasteiger partial charge < -0.3 is 20.0 Å². The molecule has 1 saturated carbocycles. The fraction of sp³-hybridized carbons (Fsp3) is 0.448. The van der Waals surface area contributed by atoms with Crippen molar-refractivity contribution >= 4 is 23.0 Å². The third-order valence-electron chi connectivity index (χ3n) is 7.90. The average Bonchev–Trinajstić information content (AvgIpc) is 3.60. The summed E-state index contributed by atoms with van der Waals surface area (Å²) in [6, 6.07) is 3.92. The lowest BCUT2D eigenvalue weighted by Crippen LogP contribution is -2.39. The van der Waals surface area contributed by atoms with Crippen LogP contribution in [0.1, 0.15) is 61.0 Å². The summed E-state index contributed by atoms with van der Waals surface area (Å²) in [4.78, 5) is 11.4. The summed E-state index contributed by atoms with van der Waals surface area (Å²) in [5.41, 5.74) is 5.50. The zero-order valence-electron chi connectivity index (χ0n) is 22.4. The molecule has 6 rings (SSSR count). The molecule has 40 heavy (non-hydrogen) atoms. The Kier molecular flexibility index (Phi) is 7.33. The Labute approximate surface area is 231 Å². The number of nitrogens with zero attached hydrogens (tertiary/aromatic N) is 5. The summed E-state index contributed by atoms with van der Waals surface area (Å²) in [7, 11) is 0. The maximum Gasteiger partial charge on any atom is 0.249 e. The zero-order chi connectivity index (χ0) is 27.7. The number of imidazole rings is 1. The van der Waals surface area contributed by atoms with Gasteiger partial charge in [0.1, 0.15) is 5.65 Å². The number of fused-ring (bicyclic) bond motifs is 1. The van der Waals surface area contributed by atoms with Crippen molar-refractivity contribution in [3.05, 3.63) is 71.4 Å². The Balaban J connectivity index is 1.21. The normalized spacial score (nSPS) is 22.1. The standard InChI is InChI=1S/C29H33F2N7O2/c1-19-2-3-20(27-35-28(40-36-27)22-13-29(30,31)14-22)12-24(19)25-17-34-26-5-4-21(18-38(25)26)23(15-32)16-33-6-7-37-8-10-39-11-9-37/h2,4-5,12,15-18,20,22,32-33H,3,6-11,13-14H2,1H3/b23-16+,32-15?. The number of rotatable bonds is 9. The second kappa shape index (κ2) is 11.1. The molecule has 2 fully saturated rings. The second-order valence-electron chi connectivity index (χ2n) is 10.7. The molecular weight excluding hydrogens is 516 g/mol. The number of nitrogens with one attached hydrogen (secondary N) is 2. The summed E-state index contributed by atoms with van der Waals surface area (Å²) in [6.07, 6.45) is 11.6. The third kappa shape index (κ3) is 5.48. The van der Waals surface area contributed by atoms with Gasteiger partial charge in [-0.1, -0.05) is 17.3 Å². The Hall–Kier alpha value is -3.70. The monoisotopic (exact) mass is 549 g/mol. The van der Waals surface area contributed by atoms with Gasteiger partial charge >= 0.3 is 0 Å². The summed E-state index contributed by atoms with van der Waals surface area (Å²) < 4.78 is 39.4. The van der Waals surface area contributed by atoms with Crippen LogP contribution in [-0.2, 0) is 4.74 Å². The number of morpholine rings is 1. The van der Waals surface area contributed by atoms with Crippen LogP contribution in [0, 0.1) is 5.41 Å². The molecular formula is C29H33F2N7O2. The van der Waals surface area contributed by atoms with Crippen LogP contribution >= 0.6 is 0 Å². The molecule has 9 nitrogen and oxygen atoms in total. The maximum absolute atomic E-state index is 13.3. The highest BCUT2D eigenvalue weighted by molar-refractivity contribution is 6.08. The first-order valence-electron chi connectivity index (χ1n) is 13.7. The van der Waals surface area contributed by atoms with Crippen LogP contribution in [0.4, 0.5) is 8.78 Å². The predicted molar refractivity (Wildman–Crippen MR) is 148 cm³/mol. The molecule has 3 aromatic heterocycles. The van der Waals surface area contributed by atoms with Crippen LogP contribution in [0.3, 0.4) is 0 Å². The molecule has 1 aliphatic heterocycles. The molecule has 0 bridgehead atoms. The molecule has 0 aromatic carbocycles. The molecule has 0 spiro atoms. The second-order valence-corrected chi connectivity index (χ2v) is 10.7. The Morgan fingerprint density at radius 2 is 2.08 bits per heavy atom. The highest BCUT2D eigenvalue weighted by atomic mass is 19.3. The van der Waals surface area contributed by atoms with Crippen LogP contribution in [0.2, 0.25) is 0 Å². The van der Waals surface area contributed by atoms with E-state index in [2.05, 4.69) is 44.4 Å². The van der Waals surface area contributed by atoms with Gasteiger partial charge in [0.2, 0.25) is 11.8 Å². The fourth-order valence-corrected chi connectivity index (χ4v) is 5.47. The van der Waals surface area contributed by atoms with E-state index in [1.54, 1.807) is 0 Å². The van der Waals surface area contributed by atoms with E-state index in [9.17, 15) is 8.78 Å². The van der Waals surface area contributed by atoms with Crippen LogP contribution in [0.5, 0.6) is 0 Å². The quantitative estimate of drug-likeness (QED) is 0.296. The summed E-state index contributed by atoms with van der Waals surface area (Å²) in [5.74, 6) is -2.32. The average molecular weight is 550 g/mol. The van der Waals surface area contributed by atoms with Gasteiger partial charge in [0, 0.05) is 80.6 Å². The van der Waals surface area contributed by atoms with Crippen molar-refractivity contribution < 1.29 is 18.0 Å². The molecule has 2 N–H and O–H groups in total. The minimum absolute atomic E-state index is 0.127. The highest BCUT2D eigenvalue weighted by Crippen LogP contribution is 2.48. The fourth-order valence-electron chi connectivity index (χ4n) is 5.47. The minimum atomic E-state index is -2.63. The molecule has 11 heteroatoms. The van der Waals surface area contributed by atoms with E-state index in [4.69, 9.17) is 14.7 Å². The maximum atomic E-state index is 13.3. The van der Waals surface area contributed by atoms with E-state index in [1.807, 2.05) is 35.1 Å². The largest absolute Gasteiger partial charge is 0.389 e. The zero-order valence-corrected chi connectivity index (χ0v) is 22.4. The molecule has 4 heterocycles. The number of hydrogen-bond donors (Lipinski definition) is 2. The molecule has 1 saturated heterocycles. The molecule has 2 aliphatic carbocycles. The van der Waals surface area contributed by atoms with Crippen molar-refractivity contribution in [2.24, 2.45) is 0 Å². The number of pyridine rings is 1. The first kappa shape index (κ1) is 26.5. The first-order chi connectivity index (χ1) is 19.4. The summed E-state index contributed by atoms with van der Waals surface area (Å²) >= 11 is 0. The van der Waals surface area contributed by atoms with Gasteiger partial charge in [0.15, 0.2) is 5.82 Å². The van der Waals surface area contributed by atoms with E-state index < -0.39 is 5.92 Å². The van der Waals surface area contributed by atoms with Gasteiger partial charge in [0.05, 0.1) is 25.1 Å². The Bertz CT molecular complexity index is 1470. The number of halogens is 2. The Morgan fingerprint density at radius 3 is 2.85 bits per heavy atom. The lowest BCUT2D eigenvalue weighted by Gasteiger charge is -2.32. The molecule has 210 valence electrons. The van der Waals surface area contributed by atoms with Crippen molar-refractivity contribution in [3.63, 3.8) is 0 Å². The SMILES string of the molecule is CC1=CCC(c2noc(C3CC(F)(F)C3)n2)C=C1c1cnc2ccc(/C(C=N)=C/NCCN3CCOCC3)cn12. The van der Waals surface area contributed by atoms with Gasteiger partial charge in [0.25, 0.3) is 0 Å². The molecule has 3 aliphatic rings. The third-order valence-corrected chi connectivity index (χ3v) is 7.90. The lowest BCUT2D eigenvalue weighted by molar-refractivity contribution is -0.0925. The number of aromatic nitrogens is 4. The molecule has 1 atom stereocenters. The van der Waals surface area contributed by atoms with Crippen LogP contribution < -0.4 is 5.32 Å². The summed E-state index contributed by atoms with van der Waals surface area (Å²) in [5, 5.41) is 15.5. The smallest absolute Gasteiger partial charge is 0.249 e. The lowest BCUT2D eigenvalue weighted by atomic mass is 9.81. The minimum Gasteiger partial charge on any atom is -0.389 e. The summed E-state index contributed by atoms with van der Waals surface area (Å²) in [6.45, 7) is 7.21. The predicted octanol–water partition coefficient (Wildman–Crippen LogP) is 4.66. The van der Waals surface area contributed by atoms with Gasteiger partial charge in [-0.2, -0.15) is 4.98 Å². The van der Waals surface area contributed by atoms with Gasteiger partial charge in [-0.3, -0.25) is 9.30 Å². The highest BCUT2D eigenvalue weighted by Gasteiger charge is 2.48. The van der Waals surface area contributed by atoms with Crippen molar-refractivity contribution in [3.8, 4) is 0 Å². The Morgan fingerprint density at radius 1 is 1.25 bits per heavy atom. The number of ether oxygens (including phenoxy) is 1. The van der Waals surface area contributed by atoms with Gasteiger partial charge in [-0.15, -0.1) is 0 Å². The van der Waals surface area contributed by atoms with Gasteiger partial charge in [-0.05, 0) is 36.6 Å². The first-order valence-corrected chi connectivity index (χ1v) is 13.7. The van der Waals surface area contributed by atoms with E-state index in [0.717, 1.165) is 73.0 Å². The van der Waals surface area contributed by atoms with Crippen molar-refractivity contribution in [1.82, 2.24) is 29.7 Å². The molecule has 3 aromatic rings. The van der Waals surface area contributed by atoms with E-state index in [1.165, 1.54) is 6.21 Å². The van der Waals surface area contributed by atoms with E-state index in [-0.39, 0.29) is 24.7 Å². The van der Waals surface area contributed by atoms with E-state index >= 15 is 0 Å². The van der Waals surface area contributed by atoms with Gasteiger partial charge in [-0.25, -0.2) is 13.8 Å². The van der Waals surface area contributed by atoms with E-state index in [0.29, 0.717) is 18.1 Å². The molecule has 0 amide bonds. The number of hydrogen-bond acceptors (Lipinski definition) is 8. The number of allylic oxidation sites excluding steroid dienone is 5. The number of alkyl halides is 2. The van der Waals surface area contributed by atoms with Crippen molar-refractivity contribution in [2.75, 3.05) is 39.4 Å². The van der Waals surface area contributed by atoms with Crippen molar-refractivity contribution in [2.45, 2.75) is 43.9 Å². The molecule has 0 radical (unpaired) electrons. The van der Waals surface area contributed by atoms with Crippen LogP contribution in [-0.4, -0.2) is 76.0 Å². The van der Waals surface area contributed by atoms with Crippen molar-refractivity contribution in [1.29, 1.82) is 5.41 Å². The topological polar surface area (TPSA) is 105 Å². The van der Waals surface area contributed by atoms with Crippen LogP contribution in [0.15, 0.2) is 53.0 Å². The van der Waals surface area contributed by atoms with Crippen LogP contribution in [0.25, 0.3) is 16.8 Å². The molecule has 1 unspecified atom stereocenters.